The highest BCUT2D eigenvalue weighted by atomic mass is 16.6. The largest absolute Gasteiger partial charge is 0.470 e. The van der Waals surface area contributed by atoms with Crippen molar-refractivity contribution < 1.29 is 14.4 Å². The lowest BCUT2D eigenvalue weighted by Crippen LogP contribution is -2.12. The molecular weight excluding hydrogens is 264 g/mol. The van der Waals surface area contributed by atoms with Gasteiger partial charge in [-0.05, 0) is 12.3 Å². The van der Waals surface area contributed by atoms with E-state index in [1.165, 1.54) is 13.4 Å². The molecule has 0 saturated carbocycles. The van der Waals surface area contributed by atoms with Crippen molar-refractivity contribution in [2.24, 2.45) is 5.92 Å². The molecule has 0 saturated heterocycles. The first-order valence-corrected chi connectivity index (χ1v) is 6.41. The summed E-state index contributed by atoms with van der Waals surface area (Å²) in [6.07, 6.45) is 2.13. The summed E-state index contributed by atoms with van der Waals surface area (Å²) in [5.41, 5.74) is -0.243. The Labute approximate surface area is 117 Å². The minimum atomic E-state index is -0.542. The summed E-state index contributed by atoms with van der Waals surface area (Å²) in [4.78, 5) is 18.3. The monoisotopic (exact) mass is 284 g/mol. The Hall–Kier alpha value is -1.96. The Morgan fingerprint density at radius 1 is 1.40 bits per heavy atom. The summed E-state index contributed by atoms with van der Waals surface area (Å²) >= 11 is 0. The number of nitrogens with zero attached hydrogens (tertiary/aromatic N) is 3. The molecule has 0 radical (unpaired) electrons. The van der Waals surface area contributed by atoms with Crippen molar-refractivity contribution in [1.82, 2.24) is 9.97 Å². The van der Waals surface area contributed by atoms with E-state index in [2.05, 4.69) is 29.1 Å². The Morgan fingerprint density at radius 2 is 2.15 bits per heavy atom. The van der Waals surface area contributed by atoms with Crippen LogP contribution in [0.25, 0.3) is 0 Å². The van der Waals surface area contributed by atoms with Crippen LogP contribution in [0.5, 0.6) is 5.88 Å². The van der Waals surface area contributed by atoms with Crippen LogP contribution in [0.15, 0.2) is 6.33 Å². The van der Waals surface area contributed by atoms with Gasteiger partial charge in [-0.25, -0.2) is 4.98 Å². The fourth-order valence-corrected chi connectivity index (χ4v) is 1.46. The third-order valence-electron chi connectivity index (χ3n) is 2.51. The predicted octanol–water partition coefficient (Wildman–Crippen LogP) is 1.87. The molecule has 0 aliphatic rings. The maximum Gasteiger partial charge on any atom is 0.372 e. The molecule has 20 heavy (non-hydrogen) atoms. The van der Waals surface area contributed by atoms with Crippen molar-refractivity contribution in [2.75, 3.05) is 32.2 Å². The molecule has 0 aromatic carbocycles. The van der Waals surface area contributed by atoms with Gasteiger partial charge in [0.1, 0.15) is 12.9 Å². The Balaban J connectivity index is 2.82. The van der Waals surface area contributed by atoms with Crippen LogP contribution in [0.4, 0.5) is 11.5 Å². The molecule has 1 rings (SSSR count). The maximum atomic E-state index is 11.1. The van der Waals surface area contributed by atoms with E-state index in [0.29, 0.717) is 19.1 Å². The van der Waals surface area contributed by atoms with Crippen LogP contribution in [0, 0.1) is 16.0 Å². The van der Waals surface area contributed by atoms with Crippen molar-refractivity contribution in [3.63, 3.8) is 0 Å². The average Bonchev–Trinajstić information content (AvgIpc) is 2.38. The minimum Gasteiger partial charge on any atom is -0.470 e. The molecule has 112 valence electrons. The van der Waals surface area contributed by atoms with Gasteiger partial charge in [0.2, 0.25) is 5.82 Å². The van der Waals surface area contributed by atoms with E-state index >= 15 is 0 Å². The fourth-order valence-electron chi connectivity index (χ4n) is 1.46. The molecular formula is C12H20N4O4. The van der Waals surface area contributed by atoms with Crippen LogP contribution < -0.4 is 10.1 Å². The van der Waals surface area contributed by atoms with E-state index in [9.17, 15) is 10.1 Å². The van der Waals surface area contributed by atoms with Crippen molar-refractivity contribution in [2.45, 2.75) is 20.3 Å². The second-order valence-corrected chi connectivity index (χ2v) is 4.58. The molecule has 1 N–H and O–H groups in total. The quantitative estimate of drug-likeness (QED) is 0.419. The molecule has 0 amide bonds. The van der Waals surface area contributed by atoms with Gasteiger partial charge in [-0.15, -0.1) is 0 Å². The van der Waals surface area contributed by atoms with Gasteiger partial charge < -0.3 is 14.8 Å². The summed E-state index contributed by atoms with van der Waals surface area (Å²) in [6.45, 7) is 5.29. The first-order valence-electron chi connectivity index (χ1n) is 6.41. The first-order chi connectivity index (χ1) is 9.56. The van der Waals surface area contributed by atoms with E-state index in [4.69, 9.17) is 9.47 Å². The molecule has 1 heterocycles. The molecule has 1 aromatic heterocycles. The number of methoxy groups -OCH3 is 1. The molecule has 0 spiro atoms. The molecule has 0 fully saturated rings. The fraction of sp³-hybridized carbons (Fsp3) is 0.667. The third kappa shape index (κ3) is 4.96. The Morgan fingerprint density at radius 3 is 2.75 bits per heavy atom. The van der Waals surface area contributed by atoms with Gasteiger partial charge in [0.15, 0.2) is 0 Å². The van der Waals surface area contributed by atoms with E-state index in [1.54, 1.807) is 0 Å². The highest BCUT2D eigenvalue weighted by Crippen LogP contribution is 2.30. The number of anilines is 1. The van der Waals surface area contributed by atoms with Gasteiger partial charge >= 0.3 is 5.69 Å². The number of hydrogen-bond donors (Lipinski definition) is 1. The molecule has 0 aliphatic carbocycles. The second kappa shape index (κ2) is 8.26. The van der Waals surface area contributed by atoms with Gasteiger partial charge in [0.25, 0.3) is 5.88 Å². The van der Waals surface area contributed by atoms with Gasteiger partial charge in [0.05, 0.1) is 11.5 Å². The number of nitro groups is 1. The van der Waals surface area contributed by atoms with Gasteiger partial charge in [-0.2, -0.15) is 4.98 Å². The van der Waals surface area contributed by atoms with Crippen molar-refractivity contribution in [3.05, 3.63) is 16.4 Å². The van der Waals surface area contributed by atoms with Gasteiger partial charge in [0, 0.05) is 13.7 Å². The lowest BCUT2D eigenvalue weighted by atomic mass is 10.1. The third-order valence-corrected chi connectivity index (χ3v) is 2.51. The number of ether oxygens (including phenoxy) is 2. The Bertz CT molecular complexity index is 439. The number of aromatic nitrogens is 2. The topological polar surface area (TPSA) is 99.4 Å². The van der Waals surface area contributed by atoms with Crippen LogP contribution in [-0.2, 0) is 4.74 Å². The molecule has 8 heteroatoms. The molecule has 8 nitrogen and oxygen atoms in total. The molecule has 1 aromatic rings. The SMILES string of the molecule is COCCOc1ncnc(NCCC(C)C)c1[N+](=O)[O-]. The normalized spacial score (nSPS) is 10.6. The zero-order valence-electron chi connectivity index (χ0n) is 12.0. The predicted molar refractivity (Wildman–Crippen MR) is 74.0 cm³/mol. The van der Waals surface area contributed by atoms with Gasteiger partial charge in [-0.3, -0.25) is 10.1 Å². The zero-order valence-corrected chi connectivity index (χ0v) is 12.0. The Kier molecular flexibility index (Phi) is 6.65. The van der Waals surface area contributed by atoms with Crippen molar-refractivity contribution >= 4 is 11.5 Å². The summed E-state index contributed by atoms with van der Waals surface area (Å²) in [5.74, 6) is 0.632. The summed E-state index contributed by atoms with van der Waals surface area (Å²) in [7, 11) is 1.52. The van der Waals surface area contributed by atoms with Gasteiger partial charge in [-0.1, -0.05) is 13.8 Å². The average molecular weight is 284 g/mol. The van der Waals surface area contributed by atoms with E-state index < -0.39 is 4.92 Å². The van der Waals surface area contributed by atoms with Crippen molar-refractivity contribution in [1.29, 1.82) is 0 Å². The van der Waals surface area contributed by atoms with Crippen LogP contribution in [-0.4, -0.2) is 41.8 Å². The summed E-state index contributed by atoms with van der Waals surface area (Å²) < 4.78 is 10.1. The van der Waals surface area contributed by atoms with E-state index in [-0.39, 0.29) is 24.0 Å². The second-order valence-electron chi connectivity index (χ2n) is 4.58. The number of nitrogens with one attached hydrogen (secondary N) is 1. The summed E-state index contributed by atoms with van der Waals surface area (Å²) in [5, 5.41) is 14.1. The van der Waals surface area contributed by atoms with E-state index in [1.807, 2.05) is 0 Å². The molecule has 0 bridgehead atoms. The number of hydrogen-bond acceptors (Lipinski definition) is 7. The first kappa shape index (κ1) is 16.1. The lowest BCUT2D eigenvalue weighted by Gasteiger charge is -2.10. The van der Waals surface area contributed by atoms with E-state index in [0.717, 1.165) is 6.42 Å². The number of rotatable bonds is 9. The van der Waals surface area contributed by atoms with Crippen molar-refractivity contribution in [3.8, 4) is 5.88 Å². The highest BCUT2D eigenvalue weighted by molar-refractivity contribution is 5.61. The van der Waals surface area contributed by atoms with Crippen LogP contribution in [0.2, 0.25) is 0 Å². The van der Waals surface area contributed by atoms with Crippen LogP contribution in [0.3, 0.4) is 0 Å². The highest BCUT2D eigenvalue weighted by Gasteiger charge is 2.24. The minimum absolute atomic E-state index is 0.0471. The smallest absolute Gasteiger partial charge is 0.372 e. The zero-order chi connectivity index (χ0) is 15.0. The van der Waals surface area contributed by atoms with Crippen LogP contribution >= 0.6 is 0 Å². The molecule has 0 atom stereocenters. The lowest BCUT2D eigenvalue weighted by molar-refractivity contribution is -0.385. The molecule has 0 unspecified atom stereocenters. The maximum absolute atomic E-state index is 11.1. The standard InChI is InChI=1S/C12H20N4O4/c1-9(2)4-5-13-11-10(16(17)18)12(15-8-14-11)20-7-6-19-3/h8-9H,4-7H2,1-3H3,(H,13,14,15). The summed E-state index contributed by atoms with van der Waals surface area (Å²) in [6, 6.07) is 0. The molecule has 0 aliphatic heterocycles. The van der Waals surface area contributed by atoms with Crippen LogP contribution in [0.1, 0.15) is 20.3 Å².